The molecule has 5 atom stereocenters. The summed E-state index contributed by atoms with van der Waals surface area (Å²) in [6.45, 7) is 1.99. The molecule has 158 valence electrons. The number of carbonyl (C=O) groups excluding carboxylic acids is 1. The molecule has 3 aliphatic heterocycles. The molecule has 0 aromatic heterocycles. The Morgan fingerprint density at radius 3 is 1.97 bits per heavy atom. The number of carbonyl (C=O) groups is 1. The number of hydrogen-bond acceptors (Lipinski definition) is 3. The fourth-order valence-electron chi connectivity index (χ4n) is 6.67. The molecule has 1 unspecified atom stereocenters. The molecule has 3 fully saturated rings. The van der Waals surface area contributed by atoms with E-state index >= 15 is 0 Å². The zero-order valence-electron chi connectivity index (χ0n) is 17.7. The Kier molecular flexibility index (Phi) is 4.40. The normalized spacial score (nSPS) is 33.1. The fourth-order valence-corrected chi connectivity index (χ4v) is 6.67. The number of ether oxygens (including phenoxy) is 2. The van der Waals surface area contributed by atoms with E-state index in [1.165, 1.54) is 6.42 Å². The van der Waals surface area contributed by atoms with Gasteiger partial charge in [0.15, 0.2) is 0 Å². The lowest BCUT2D eigenvalue weighted by molar-refractivity contribution is -0.937. The number of piperidine rings is 2. The van der Waals surface area contributed by atoms with Crippen LogP contribution in [0.3, 0.4) is 0 Å². The van der Waals surface area contributed by atoms with Crippen LogP contribution in [0.25, 0.3) is 0 Å². The molecule has 4 nitrogen and oxygen atoms in total. The summed E-state index contributed by atoms with van der Waals surface area (Å²) in [4.78, 5) is 13.7. The van der Waals surface area contributed by atoms with E-state index in [0.717, 1.165) is 51.8 Å². The molecule has 0 amide bonds. The Hall–Kier alpha value is -1.85. The highest BCUT2D eigenvalue weighted by Crippen LogP contribution is 2.61. The van der Waals surface area contributed by atoms with Crippen molar-refractivity contribution in [2.24, 2.45) is 11.8 Å². The fraction of sp³-hybridized carbons (Fsp3) is 0.480. The number of para-hydroxylation sites is 2. The lowest BCUT2D eigenvalue weighted by Crippen LogP contribution is -3.00. The van der Waals surface area contributed by atoms with Crippen LogP contribution in [0, 0.1) is 11.8 Å². The van der Waals surface area contributed by atoms with Crippen LogP contribution in [0.5, 0.6) is 11.5 Å². The van der Waals surface area contributed by atoms with Crippen LogP contribution in [0.4, 0.5) is 0 Å². The van der Waals surface area contributed by atoms with E-state index in [1.54, 1.807) is 0 Å². The molecule has 0 spiro atoms. The first kappa shape index (κ1) is 20.1. The number of fused-ring (bicyclic) bond motifs is 7. The molecule has 2 aromatic rings. The zero-order chi connectivity index (χ0) is 20.0. The molecule has 4 aliphatic rings. The Bertz CT molecular complexity index is 953. The third-order valence-corrected chi connectivity index (χ3v) is 8.35. The third kappa shape index (κ3) is 2.57. The molecule has 5 heteroatoms. The maximum atomic E-state index is 13.7. The van der Waals surface area contributed by atoms with Crippen LogP contribution >= 0.6 is 0 Å². The smallest absolute Gasteiger partial charge is 0.321 e. The Morgan fingerprint density at radius 2 is 1.43 bits per heavy atom. The van der Waals surface area contributed by atoms with E-state index in [9.17, 15) is 4.79 Å². The Morgan fingerprint density at radius 1 is 0.933 bits per heavy atom. The minimum atomic E-state index is -0.852. The number of quaternary nitrogens is 1. The van der Waals surface area contributed by atoms with Crippen LogP contribution in [-0.4, -0.2) is 42.7 Å². The molecular formula is C25H28BrNO3. The lowest BCUT2D eigenvalue weighted by Gasteiger charge is -2.46. The number of esters is 1. The highest BCUT2D eigenvalue weighted by atomic mass is 79.9. The Labute approximate surface area is 188 Å². The van der Waals surface area contributed by atoms with Gasteiger partial charge >= 0.3 is 5.97 Å². The second-order valence-electron chi connectivity index (χ2n) is 10.0. The van der Waals surface area contributed by atoms with Gasteiger partial charge in [-0.25, -0.2) is 0 Å². The van der Waals surface area contributed by atoms with Gasteiger partial charge in [-0.05, 0) is 25.5 Å². The summed E-state index contributed by atoms with van der Waals surface area (Å²) >= 11 is 0. The average Bonchev–Trinajstić information content (AvgIpc) is 3.46. The molecule has 1 aliphatic carbocycles. The SMILES string of the molecule is CC1(C(=O)OC2C[C@@H]3[C@@H]4C[C@@H]4[C@H](C2)[N+]3(C)C)c2ccccc2Oc2ccccc21.[Br-]. The van der Waals surface area contributed by atoms with Crippen molar-refractivity contribution in [3.05, 3.63) is 59.7 Å². The van der Waals surface area contributed by atoms with Gasteiger partial charge in [-0.3, -0.25) is 4.79 Å². The number of hydrogen-bond donors (Lipinski definition) is 0. The molecule has 6 rings (SSSR count). The van der Waals surface area contributed by atoms with Crippen molar-refractivity contribution in [2.75, 3.05) is 14.1 Å². The number of nitrogens with zero attached hydrogens (tertiary/aromatic N) is 1. The van der Waals surface area contributed by atoms with Gasteiger partial charge < -0.3 is 30.9 Å². The van der Waals surface area contributed by atoms with Gasteiger partial charge in [0.1, 0.15) is 23.0 Å². The van der Waals surface area contributed by atoms with Crippen molar-refractivity contribution in [1.29, 1.82) is 0 Å². The standard InChI is InChI=1S/C25H28NO3.BrH/c1-25(18-8-4-6-10-22(18)29-23-11-7-5-9-19(23)25)24(27)28-15-12-20-16-14-17(16)21(13-15)26(20,2)3;/h4-11,15-17,20-21H,12-14H2,1-3H3;1H/q+1;/p-1/t15?,16-,17+,20-,21+;. The van der Waals surface area contributed by atoms with Crippen molar-refractivity contribution < 1.29 is 35.7 Å². The molecule has 0 radical (unpaired) electrons. The molecule has 3 heterocycles. The molecule has 1 saturated carbocycles. The molecule has 2 bridgehead atoms. The van der Waals surface area contributed by atoms with Crippen molar-refractivity contribution in [3.63, 3.8) is 0 Å². The topological polar surface area (TPSA) is 35.5 Å². The maximum Gasteiger partial charge on any atom is 0.321 e. The van der Waals surface area contributed by atoms with Crippen LogP contribution in [0.15, 0.2) is 48.5 Å². The van der Waals surface area contributed by atoms with Gasteiger partial charge in [0.05, 0.1) is 26.2 Å². The quantitative estimate of drug-likeness (QED) is 0.490. The maximum absolute atomic E-state index is 13.7. The predicted molar refractivity (Wildman–Crippen MR) is 110 cm³/mol. The summed E-state index contributed by atoms with van der Waals surface area (Å²) in [5.41, 5.74) is 0.928. The van der Waals surface area contributed by atoms with Gasteiger partial charge in [-0.15, -0.1) is 0 Å². The van der Waals surface area contributed by atoms with E-state index < -0.39 is 5.41 Å². The number of rotatable bonds is 2. The average molecular weight is 470 g/mol. The van der Waals surface area contributed by atoms with E-state index in [1.807, 2.05) is 55.5 Å². The van der Waals surface area contributed by atoms with Crippen molar-refractivity contribution in [3.8, 4) is 11.5 Å². The van der Waals surface area contributed by atoms with E-state index in [2.05, 4.69) is 14.1 Å². The highest BCUT2D eigenvalue weighted by molar-refractivity contribution is 5.90. The largest absolute Gasteiger partial charge is 1.00 e. The summed E-state index contributed by atoms with van der Waals surface area (Å²) in [5.74, 6) is 3.03. The first-order valence-electron chi connectivity index (χ1n) is 10.8. The summed E-state index contributed by atoms with van der Waals surface area (Å²) < 4.78 is 13.5. The van der Waals surface area contributed by atoms with Crippen molar-refractivity contribution in [2.45, 2.75) is 49.8 Å². The van der Waals surface area contributed by atoms with Crippen LogP contribution in [0.1, 0.15) is 37.3 Å². The summed E-state index contributed by atoms with van der Waals surface area (Å²) in [6.07, 6.45) is 3.39. The second-order valence-corrected chi connectivity index (χ2v) is 10.0. The van der Waals surface area contributed by atoms with Crippen molar-refractivity contribution >= 4 is 5.97 Å². The minimum absolute atomic E-state index is 0. The van der Waals surface area contributed by atoms with Gasteiger partial charge in [0.25, 0.3) is 0 Å². The van der Waals surface area contributed by atoms with Gasteiger partial charge in [0.2, 0.25) is 0 Å². The van der Waals surface area contributed by atoms with E-state index in [4.69, 9.17) is 9.47 Å². The first-order valence-corrected chi connectivity index (χ1v) is 10.8. The van der Waals surface area contributed by atoms with E-state index in [-0.39, 0.29) is 29.1 Å². The van der Waals surface area contributed by atoms with Gasteiger partial charge in [0, 0.05) is 35.8 Å². The van der Waals surface area contributed by atoms with E-state index in [0.29, 0.717) is 12.1 Å². The Balaban J connectivity index is 0.00000193. The van der Waals surface area contributed by atoms with Crippen LogP contribution in [-0.2, 0) is 14.9 Å². The van der Waals surface area contributed by atoms with Gasteiger partial charge in [-0.2, -0.15) is 0 Å². The molecule has 0 N–H and O–H groups in total. The summed E-state index contributed by atoms with van der Waals surface area (Å²) in [5, 5.41) is 0. The second kappa shape index (κ2) is 6.57. The summed E-state index contributed by atoms with van der Waals surface area (Å²) in [7, 11) is 4.73. The predicted octanol–water partition coefficient (Wildman–Crippen LogP) is 1.27. The minimum Gasteiger partial charge on any atom is -1.00 e. The number of benzene rings is 2. The molecule has 2 aromatic carbocycles. The summed E-state index contributed by atoms with van der Waals surface area (Å²) in [6, 6.07) is 17.0. The van der Waals surface area contributed by atoms with Crippen LogP contribution in [0.2, 0.25) is 0 Å². The monoisotopic (exact) mass is 469 g/mol. The first-order chi connectivity index (χ1) is 13.9. The third-order valence-electron chi connectivity index (χ3n) is 8.35. The highest BCUT2D eigenvalue weighted by Gasteiger charge is 2.68. The zero-order valence-corrected chi connectivity index (χ0v) is 19.3. The lowest BCUT2D eigenvalue weighted by atomic mass is 9.74. The molecule has 2 saturated heterocycles. The van der Waals surface area contributed by atoms with Crippen molar-refractivity contribution in [1.82, 2.24) is 0 Å². The number of halogens is 1. The van der Waals surface area contributed by atoms with Gasteiger partial charge in [-0.1, -0.05) is 36.4 Å². The molecular weight excluding hydrogens is 442 g/mol. The molecule has 30 heavy (non-hydrogen) atoms. The van der Waals surface area contributed by atoms with Crippen LogP contribution < -0.4 is 21.7 Å².